The summed E-state index contributed by atoms with van der Waals surface area (Å²) in [4.78, 5) is 27.6. The molecule has 26 heavy (non-hydrogen) atoms. The first-order valence-corrected chi connectivity index (χ1v) is 9.41. The van der Waals surface area contributed by atoms with Gasteiger partial charge in [0, 0.05) is 18.7 Å². The van der Waals surface area contributed by atoms with Crippen molar-refractivity contribution >= 4 is 28.2 Å². The number of nitrogens with one attached hydrogen (secondary N) is 2. The van der Waals surface area contributed by atoms with Crippen molar-refractivity contribution in [3.8, 4) is 0 Å². The molecule has 2 aromatic rings. The molecular formula is C19H22FN3O2S. The summed E-state index contributed by atoms with van der Waals surface area (Å²) >= 11 is 1.26. The van der Waals surface area contributed by atoms with E-state index in [0.717, 1.165) is 31.6 Å². The number of amides is 2. The van der Waals surface area contributed by atoms with Gasteiger partial charge in [-0.1, -0.05) is 6.07 Å². The van der Waals surface area contributed by atoms with Gasteiger partial charge in [-0.25, -0.2) is 4.39 Å². The highest BCUT2D eigenvalue weighted by atomic mass is 32.1. The molecule has 1 aliphatic heterocycles. The quantitative estimate of drug-likeness (QED) is 0.844. The zero-order valence-corrected chi connectivity index (χ0v) is 15.7. The summed E-state index contributed by atoms with van der Waals surface area (Å²) in [7, 11) is 1.92. The number of aryl methyl sites for hydroxylation is 1. The van der Waals surface area contributed by atoms with Gasteiger partial charge in [0.2, 0.25) is 0 Å². The van der Waals surface area contributed by atoms with Crippen molar-refractivity contribution in [1.82, 2.24) is 10.2 Å². The number of nitrogens with zero attached hydrogens (tertiary/aromatic N) is 1. The maximum atomic E-state index is 13.3. The lowest BCUT2D eigenvalue weighted by Gasteiger charge is -2.16. The molecule has 3 rings (SSSR count). The third kappa shape index (κ3) is 4.11. The minimum atomic E-state index is -0.457. The molecule has 1 aliphatic rings. The van der Waals surface area contributed by atoms with E-state index in [9.17, 15) is 14.0 Å². The number of likely N-dealkylation sites (tertiary alicyclic amines) is 1. The van der Waals surface area contributed by atoms with Gasteiger partial charge in [0.05, 0.1) is 9.88 Å². The van der Waals surface area contributed by atoms with E-state index < -0.39 is 5.82 Å². The molecule has 2 heterocycles. The van der Waals surface area contributed by atoms with Crippen molar-refractivity contribution in [2.45, 2.75) is 13.3 Å². The van der Waals surface area contributed by atoms with Gasteiger partial charge in [-0.2, -0.15) is 0 Å². The van der Waals surface area contributed by atoms with E-state index in [0.29, 0.717) is 15.8 Å². The highest BCUT2D eigenvalue weighted by Gasteiger charge is 2.28. The van der Waals surface area contributed by atoms with Gasteiger partial charge in [0.25, 0.3) is 11.8 Å². The second-order valence-corrected chi connectivity index (χ2v) is 7.60. The lowest BCUT2D eigenvalue weighted by Crippen LogP contribution is -2.30. The molecule has 1 saturated heterocycles. The second-order valence-electron chi connectivity index (χ2n) is 6.55. The van der Waals surface area contributed by atoms with Gasteiger partial charge in [-0.15, -0.1) is 11.3 Å². The number of thiophene rings is 1. The fourth-order valence-electron chi connectivity index (χ4n) is 3.19. The van der Waals surface area contributed by atoms with E-state index >= 15 is 0 Å². The Balaban J connectivity index is 1.69. The fourth-order valence-corrected chi connectivity index (χ4v) is 4.22. The van der Waals surface area contributed by atoms with Crippen molar-refractivity contribution in [3.63, 3.8) is 0 Å². The molecule has 1 aromatic carbocycles. The molecule has 0 spiro atoms. The van der Waals surface area contributed by atoms with Crippen LogP contribution in [0.25, 0.3) is 0 Å². The normalized spacial score (nSPS) is 16.7. The third-order valence-electron chi connectivity index (χ3n) is 4.50. The van der Waals surface area contributed by atoms with Crippen molar-refractivity contribution < 1.29 is 14.0 Å². The Bertz CT molecular complexity index is 821. The maximum absolute atomic E-state index is 13.3. The van der Waals surface area contributed by atoms with E-state index in [2.05, 4.69) is 10.6 Å². The van der Waals surface area contributed by atoms with E-state index in [-0.39, 0.29) is 17.4 Å². The fraction of sp³-hybridized carbons (Fsp3) is 0.368. The van der Waals surface area contributed by atoms with Gasteiger partial charge in [0.1, 0.15) is 5.82 Å². The van der Waals surface area contributed by atoms with Crippen LogP contribution in [0.5, 0.6) is 0 Å². The predicted octanol–water partition coefficient (Wildman–Crippen LogP) is 3.13. The van der Waals surface area contributed by atoms with Crippen LogP contribution in [0.3, 0.4) is 0 Å². The first-order valence-electron chi connectivity index (χ1n) is 8.59. The summed E-state index contributed by atoms with van der Waals surface area (Å²) in [6, 6.07) is 7.31. The van der Waals surface area contributed by atoms with Gasteiger partial charge in [-0.05, 0) is 62.7 Å². The number of hydrogen-bond acceptors (Lipinski definition) is 4. The van der Waals surface area contributed by atoms with Crippen LogP contribution < -0.4 is 10.6 Å². The Morgan fingerprint density at radius 2 is 2.15 bits per heavy atom. The number of carbonyl (C=O) groups is 2. The molecule has 0 bridgehead atoms. The zero-order chi connectivity index (χ0) is 18.7. The highest BCUT2D eigenvalue weighted by Crippen LogP contribution is 2.30. The van der Waals surface area contributed by atoms with Crippen molar-refractivity contribution in [1.29, 1.82) is 0 Å². The van der Waals surface area contributed by atoms with Crippen molar-refractivity contribution in [2.24, 2.45) is 5.92 Å². The van der Waals surface area contributed by atoms with Crippen LogP contribution in [0.4, 0.5) is 9.39 Å². The minimum Gasteiger partial charge on any atom is -0.338 e. The van der Waals surface area contributed by atoms with Crippen molar-refractivity contribution in [2.75, 3.05) is 32.0 Å². The van der Waals surface area contributed by atoms with Gasteiger partial charge in [0.15, 0.2) is 0 Å². The predicted molar refractivity (Wildman–Crippen MR) is 101 cm³/mol. The molecule has 2 N–H and O–H groups in total. The Labute approximate surface area is 156 Å². The number of carbonyl (C=O) groups excluding carboxylic acids is 2. The topological polar surface area (TPSA) is 61.4 Å². The Kier molecular flexibility index (Phi) is 5.68. The van der Waals surface area contributed by atoms with Crippen LogP contribution in [-0.4, -0.2) is 43.4 Å². The van der Waals surface area contributed by atoms with Crippen LogP contribution in [-0.2, 0) is 0 Å². The first-order chi connectivity index (χ1) is 12.5. The summed E-state index contributed by atoms with van der Waals surface area (Å²) in [5.41, 5.74) is 1.09. The van der Waals surface area contributed by atoms with E-state index in [4.69, 9.17) is 0 Å². The third-order valence-corrected chi connectivity index (χ3v) is 5.64. The van der Waals surface area contributed by atoms with Crippen molar-refractivity contribution in [3.05, 3.63) is 52.2 Å². The largest absolute Gasteiger partial charge is 0.338 e. The summed E-state index contributed by atoms with van der Waals surface area (Å²) in [6.07, 6.45) is 1.00. The molecule has 7 heteroatoms. The molecule has 1 unspecified atom stereocenters. The standard InChI is InChI=1S/C19H22FN3O2S/c1-12-8-16(22-18(24)14-4-3-5-15(20)9-14)26-17(12)19(25)23-7-6-13(11-23)10-21-2/h3-5,8-9,13,21H,6-7,10-11H2,1-2H3,(H,22,24). The lowest BCUT2D eigenvalue weighted by molar-refractivity contribution is 0.0791. The van der Waals surface area contributed by atoms with Crippen LogP contribution >= 0.6 is 11.3 Å². The number of benzene rings is 1. The summed E-state index contributed by atoms with van der Waals surface area (Å²) in [5, 5.41) is 6.50. The Hall–Kier alpha value is -2.25. The molecule has 0 aliphatic carbocycles. The molecule has 1 aromatic heterocycles. The molecule has 1 fully saturated rings. The minimum absolute atomic E-state index is 0.0114. The zero-order valence-electron chi connectivity index (χ0n) is 14.8. The van der Waals surface area contributed by atoms with Crippen LogP contribution in [0.1, 0.15) is 32.0 Å². The Morgan fingerprint density at radius 3 is 2.88 bits per heavy atom. The molecule has 138 valence electrons. The molecule has 2 amide bonds. The summed E-state index contributed by atoms with van der Waals surface area (Å²) in [5.74, 6) is -0.352. The average molecular weight is 375 g/mol. The summed E-state index contributed by atoms with van der Waals surface area (Å²) in [6.45, 7) is 4.28. The van der Waals surface area contributed by atoms with E-state index in [1.807, 2.05) is 18.9 Å². The molecule has 0 radical (unpaired) electrons. The van der Waals surface area contributed by atoms with E-state index in [1.54, 1.807) is 12.1 Å². The molecular weight excluding hydrogens is 353 g/mol. The van der Waals surface area contributed by atoms with Gasteiger partial charge < -0.3 is 15.5 Å². The van der Waals surface area contributed by atoms with Crippen LogP contribution in [0.15, 0.2) is 30.3 Å². The maximum Gasteiger partial charge on any atom is 0.264 e. The molecule has 1 atom stereocenters. The molecule has 5 nitrogen and oxygen atoms in total. The monoisotopic (exact) mass is 375 g/mol. The Morgan fingerprint density at radius 1 is 1.35 bits per heavy atom. The van der Waals surface area contributed by atoms with E-state index in [1.165, 1.54) is 29.5 Å². The van der Waals surface area contributed by atoms with Crippen LogP contribution in [0.2, 0.25) is 0 Å². The second kappa shape index (κ2) is 7.97. The van der Waals surface area contributed by atoms with Crippen LogP contribution in [0, 0.1) is 18.7 Å². The first kappa shape index (κ1) is 18.5. The highest BCUT2D eigenvalue weighted by molar-refractivity contribution is 7.18. The SMILES string of the molecule is CNCC1CCN(C(=O)c2sc(NC(=O)c3cccc(F)c3)cc2C)C1. The number of hydrogen-bond donors (Lipinski definition) is 2. The number of halogens is 1. The number of rotatable bonds is 5. The average Bonchev–Trinajstić information content (AvgIpc) is 3.21. The van der Waals surface area contributed by atoms with Gasteiger partial charge in [-0.3, -0.25) is 9.59 Å². The smallest absolute Gasteiger partial charge is 0.264 e. The molecule has 0 saturated carbocycles. The number of anilines is 1. The van der Waals surface area contributed by atoms with Gasteiger partial charge >= 0.3 is 0 Å². The summed E-state index contributed by atoms with van der Waals surface area (Å²) < 4.78 is 13.3. The lowest BCUT2D eigenvalue weighted by atomic mass is 10.1.